The second-order valence-corrected chi connectivity index (χ2v) is 8.93. The van der Waals surface area contributed by atoms with Crippen LogP contribution in [0.5, 0.6) is 0 Å². The Morgan fingerprint density at radius 3 is 2.50 bits per heavy atom. The second-order valence-electron chi connectivity index (χ2n) is 8.93. The van der Waals surface area contributed by atoms with Crippen molar-refractivity contribution in [2.24, 2.45) is 11.6 Å². The zero-order valence-corrected chi connectivity index (χ0v) is 21.3. The van der Waals surface area contributed by atoms with Crippen molar-refractivity contribution in [1.82, 2.24) is 14.6 Å². The molecule has 1 saturated heterocycles. The number of nitrogens with two attached hydrogens (primary N) is 2. The first kappa shape index (κ1) is 28.8. The topological polar surface area (TPSA) is 131 Å². The van der Waals surface area contributed by atoms with Crippen molar-refractivity contribution >= 4 is 17.4 Å². The van der Waals surface area contributed by atoms with Gasteiger partial charge in [0.25, 0.3) is 17.5 Å². The van der Waals surface area contributed by atoms with Crippen LogP contribution in [0, 0.1) is 6.92 Å². The van der Waals surface area contributed by atoms with E-state index >= 15 is 0 Å². The molecule has 1 aliphatic rings. The molecule has 3 rings (SSSR count). The number of piperidine rings is 1. The first-order valence-corrected chi connectivity index (χ1v) is 11.8. The van der Waals surface area contributed by atoms with E-state index in [9.17, 15) is 13.6 Å². The number of hydrazine groups is 1. The normalized spacial score (nSPS) is 15.5. The molecule has 11 heteroatoms. The molecule has 0 bridgehead atoms. The van der Waals surface area contributed by atoms with Crippen LogP contribution in [0.4, 0.5) is 14.5 Å². The molecule has 2 aromatic rings. The predicted molar refractivity (Wildman–Crippen MR) is 136 cm³/mol. The van der Waals surface area contributed by atoms with Crippen molar-refractivity contribution in [3.63, 3.8) is 0 Å². The number of allylic oxidation sites excluding steroid dienone is 1. The number of carboxylic acids is 1. The monoisotopic (exact) mass is 506 g/mol. The predicted octanol–water partition coefficient (Wildman–Crippen LogP) is 2.96. The molecule has 3 heterocycles. The highest BCUT2D eigenvalue weighted by Crippen LogP contribution is 2.31. The number of aliphatic carboxylic acids is 1. The van der Waals surface area contributed by atoms with Gasteiger partial charge >= 0.3 is 0 Å². The molecule has 2 aromatic heterocycles. The van der Waals surface area contributed by atoms with Gasteiger partial charge in [-0.15, -0.1) is 0 Å². The average Bonchev–Trinajstić information content (AvgIpc) is 2.77. The molecule has 198 valence electrons. The summed E-state index contributed by atoms with van der Waals surface area (Å²) < 4.78 is 29.3. The quantitative estimate of drug-likeness (QED) is 0.386. The smallest absolute Gasteiger partial charge is 0.300 e. The number of likely N-dealkylation sites (N-methyl/N-ethyl adjacent to an activating group) is 1. The van der Waals surface area contributed by atoms with E-state index in [2.05, 4.69) is 11.9 Å². The van der Waals surface area contributed by atoms with Gasteiger partial charge in [0.1, 0.15) is 0 Å². The minimum absolute atomic E-state index is 0.0885. The second kappa shape index (κ2) is 12.5. The maximum absolute atomic E-state index is 13.9. The molecule has 9 nitrogen and oxygen atoms in total. The van der Waals surface area contributed by atoms with Gasteiger partial charge in [0.15, 0.2) is 0 Å². The Hall–Kier alpha value is -3.47. The molecular weight excluding hydrogens is 470 g/mol. The number of hydrogen-bond acceptors (Lipinski definition) is 7. The van der Waals surface area contributed by atoms with Crippen molar-refractivity contribution in [3.05, 3.63) is 63.5 Å². The van der Waals surface area contributed by atoms with Crippen molar-refractivity contribution in [2.75, 3.05) is 25.0 Å². The third-order valence-corrected chi connectivity index (χ3v) is 5.71. The van der Waals surface area contributed by atoms with Gasteiger partial charge in [-0.1, -0.05) is 19.4 Å². The minimum atomic E-state index is -2.70. The summed E-state index contributed by atoms with van der Waals surface area (Å²) in [5.41, 5.74) is 9.97. The number of aromatic nitrogens is 2. The summed E-state index contributed by atoms with van der Waals surface area (Å²) in [6.07, 6.45) is 4.00. The van der Waals surface area contributed by atoms with Gasteiger partial charge in [0.2, 0.25) is 0 Å². The molecule has 0 atom stereocenters. The molecule has 0 aromatic carbocycles. The zero-order valence-electron chi connectivity index (χ0n) is 21.3. The number of pyridine rings is 2. The summed E-state index contributed by atoms with van der Waals surface area (Å²) in [5.74, 6) is 2.51. The Balaban J connectivity index is 0.00000106. The van der Waals surface area contributed by atoms with Crippen molar-refractivity contribution in [2.45, 2.75) is 58.9 Å². The SMILES string of the molecule is CC(=O)O.CCCc1ccc(=O)n(C/C(=C(/N)c2ccc(N3CCCC(F)(F)C3)c(C)n2)N(C)N)c1. The summed E-state index contributed by atoms with van der Waals surface area (Å²) in [5, 5.41) is 8.80. The summed E-state index contributed by atoms with van der Waals surface area (Å²) in [4.78, 5) is 27.6. The molecule has 0 unspecified atom stereocenters. The highest BCUT2D eigenvalue weighted by Gasteiger charge is 2.35. The van der Waals surface area contributed by atoms with Crippen molar-refractivity contribution in [1.29, 1.82) is 0 Å². The number of rotatable bonds is 7. The Labute approximate surface area is 210 Å². The van der Waals surface area contributed by atoms with Gasteiger partial charge in [-0.2, -0.15) is 0 Å². The lowest BCUT2D eigenvalue weighted by Gasteiger charge is -2.34. The van der Waals surface area contributed by atoms with E-state index in [1.807, 2.05) is 12.3 Å². The van der Waals surface area contributed by atoms with Gasteiger partial charge in [0.05, 0.1) is 41.6 Å². The van der Waals surface area contributed by atoms with Gasteiger partial charge in [-0.25, -0.2) is 19.6 Å². The molecule has 36 heavy (non-hydrogen) atoms. The van der Waals surface area contributed by atoms with E-state index in [0.29, 0.717) is 41.4 Å². The van der Waals surface area contributed by atoms with Crippen LogP contribution in [0.1, 0.15) is 50.1 Å². The maximum Gasteiger partial charge on any atom is 0.300 e. The van der Waals surface area contributed by atoms with Crippen LogP contribution in [0.2, 0.25) is 0 Å². The van der Waals surface area contributed by atoms with Crippen LogP contribution in [-0.4, -0.2) is 51.7 Å². The Morgan fingerprint density at radius 2 is 1.94 bits per heavy atom. The van der Waals surface area contributed by atoms with Crippen LogP contribution in [0.25, 0.3) is 5.70 Å². The fourth-order valence-electron chi connectivity index (χ4n) is 4.05. The number of halogens is 2. The van der Waals surface area contributed by atoms with E-state index in [-0.39, 0.29) is 25.1 Å². The van der Waals surface area contributed by atoms with Crippen LogP contribution in [0.15, 0.2) is 41.0 Å². The molecule has 0 saturated carbocycles. The van der Waals surface area contributed by atoms with E-state index in [1.54, 1.807) is 41.6 Å². The van der Waals surface area contributed by atoms with E-state index < -0.39 is 11.9 Å². The highest BCUT2D eigenvalue weighted by atomic mass is 19.3. The average molecular weight is 507 g/mol. The summed E-state index contributed by atoms with van der Waals surface area (Å²) >= 11 is 0. The molecule has 1 aliphatic heterocycles. The lowest BCUT2D eigenvalue weighted by molar-refractivity contribution is -0.134. The first-order valence-electron chi connectivity index (χ1n) is 11.8. The van der Waals surface area contributed by atoms with Crippen molar-refractivity contribution in [3.8, 4) is 0 Å². The van der Waals surface area contributed by atoms with Gasteiger partial charge < -0.3 is 25.3 Å². The largest absolute Gasteiger partial charge is 0.481 e. The number of aryl methyl sites for hydroxylation is 2. The third-order valence-electron chi connectivity index (χ3n) is 5.71. The number of nitrogens with zero attached hydrogens (tertiary/aromatic N) is 4. The lowest BCUT2D eigenvalue weighted by atomic mass is 10.1. The molecule has 5 N–H and O–H groups in total. The Kier molecular flexibility index (Phi) is 9.97. The summed E-state index contributed by atoms with van der Waals surface area (Å²) in [6, 6.07) is 6.86. The first-order chi connectivity index (χ1) is 16.8. The van der Waals surface area contributed by atoms with Gasteiger partial charge in [-0.3, -0.25) is 9.59 Å². The standard InChI is InChI=1S/C23H32F2N6O.C2H4O2/c1-4-6-17-7-10-21(32)31(13-17)14-20(29(3)27)22(26)18-8-9-19(16(2)28-18)30-12-5-11-23(24,25)15-30;1-2(3)4/h7-10,13H,4-6,11-12,14-15,26-27H2,1-3H3;1H3,(H,3,4)/b22-20-;. The molecule has 1 fully saturated rings. The number of alkyl halides is 2. The maximum atomic E-state index is 13.9. The van der Waals surface area contributed by atoms with Crippen LogP contribution < -0.4 is 22.0 Å². The Morgan fingerprint density at radius 1 is 1.28 bits per heavy atom. The third kappa shape index (κ3) is 8.04. The molecular formula is C25H36F2N6O3. The van der Waals surface area contributed by atoms with E-state index in [4.69, 9.17) is 21.5 Å². The Bertz CT molecular complexity index is 1140. The number of carboxylic acid groups (broad SMARTS) is 1. The fraction of sp³-hybridized carbons (Fsp3) is 0.480. The molecule has 0 aliphatic carbocycles. The van der Waals surface area contributed by atoms with Crippen LogP contribution >= 0.6 is 0 Å². The highest BCUT2D eigenvalue weighted by molar-refractivity contribution is 5.65. The summed E-state index contributed by atoms with van der Waals surface area (Å²) in [6.45, 7) is 5.39. The lowest BCUT2D eigenvalue weighted by Crippen LogP contribution is -2.43. The van der Waals surface area contributed by atoms with Crippen LogP contribution in [0.3, 0.4) is 0 Å². The van der Waals surface area contributed by atoms with E-state index in [1.165, 1.54) is 5.01 Å². The minimum Gasteiger partial charge on any atom is -0.481 e. The molecule has 0 amide bonds. The number of anilines is 1. The molecule has 0 spiro atoms. The summed E-state index contributed by atoms with van der Waals surface area (Å²) in [7, 11) is 1.65. The zero-order chi connectivity index (χ0) is 27.0. The fourth-order valence-corrected chi connectivity index (χ4v) is 4.05. The van der Waals surface area contributed by atoms with Crippen molar-refractivity contribution < 1.29 is 18.7 Å². The number of carbonyl (C=O) groups is 1. The molecule has 0 radical (unpaired) electrons. The van der Waals surface area contributed by atoms with Gasteiger partial charge in [-0.05, 0) is 37.5 Å². The van der Waals surface area contributed by atoms with Gasteiger partial charge in [0, 0.05) is 39.2 Å². The van der Waals surface area contributed by atoms with E-state index in [0.717, 1.165) is 25.3 Å². The number of hydrogen-bond donors (Lipinski definition) is 3. The van der Waals surface area contributed by atoms with Crippen LogP contribution in [-0.2, 0) is 17.8 Å².